The van der Waals surface area contributed by atoms with E-state index in [0.29, 0.717) is 28.4 Å². The van der Waals surface area contributed by atoms with Crippen molar-refractivity contribution in [2.24, 2.45) is 0 Å². The zero-order chi connectivity index (χ0) is 18.4. The van der Waals surface area contributed by atoms with E-state index in [1.54, 1.807) is 24.3 Å². The first-order valence-corrected chi connectivity index (χ1v) is 8.38. The maximum Gasteiger partial charge on any atom is 0.352 e. The van der Waals surface area contributed by atoms with Crippen LogP contribution in [0.4, 0.5) is 11.4 Å². The van der Waals surface area contributed by atoms with Crippen LogP contribution in [0.15, 0.2) is 24.3 Å². The van der Waals surface area contributed by atoms with Gasteiger partial charge in [-0.15, -0.1) is 5.10 Å². The van der Waals surface area contributed by atoms with Gasteiger partial charge < -0.3 is 15.4 Å². The lowest BCUT2D eigenvalue weighted by Gasteiger charge is -2.13. The lowest BCUT2D eigenvalue weighted by Crippen LogP contribution is -2.30. The second kappa shape index (κ2) is 8.34. The Morgan fingerprint density at radius 3 is 2.32 bits per heavy atom. The van der Waals surface area contributed by atoms with Crippen LogP contribution in [0.5, 0.6) is 0 Å². The number of nitrogens with zero attached hydrogens (tertiary/aromatic N) is 2. The highest BCUT2D eigenvalue weighted by Gasteiger charge is 2.23. The smallest absolute Gasteiger partial charge is 0.352 e. The van der Waals surface area contributed by atoms with Gasteiger partial charge in [0.1, 0.15) is 0 Å². The summed E-state index contributed by atoms with van der Waals surface area (Å²) in [5.41, 5.74) is 1.70. The fraction of sp³-hybridized carbons (Fsp3) is 0.312. The minimum absolute atomic E-state index is 0.179. The largest absolute Gasteiger partial charge is 0.448 e. The summed E-state index contributed by atoms with van der Waals surface area (Å²) in [5.74, 6) is -1.26. The molecule has 0 spiro atoms. The minimum atomic E-state index is -0.977. The molecule has 132 valence electrons. The van der Waals surface area contributed by atoms with Crippen LogP contribution in [-0.4, -0.2) is 33.5 Å². The van der Waals surface area contributed by atoms with Gasteiger partial charge in [-0.25, -0.2) is 4.79 Å². The fourth-order valence-electron chi connectivity index (χ4n) is 1.95. The Kier molecular flexibility index (Phi) is 6.18. The molecule has 1 heterocycles. The van der Waals surface area contributed by atoms with Gasteiger partial charge in [-0.3, -0.25) is 9.59 Å². The predicted octanol–water partition coefficient (Wildman–Crippen LogP) is 2.24. The van der Waals surface area contributed by atoms with E-state index >= 15 is 0 Å². The molecule has 2 aromatic rings. The number of aromatic nitrogens is 2. The van der Waals surface area contributed by atoms with Crippen LogP contribution in [0, 0.1) is 0 Å². The van der Waals surface area contributed by atoms with Crippen LogP contribution in [0.1, 0.15) is 36.1 Å². The third kappa shape index (κ3) is 5.08. The van der Waals surface area contributed by atoms with E-state index in [0.717, 1.165) is 11.5 Å². The summed E-state index contributed by atoms with van der Waals surface area (Å²) in [7, 11) is 0. The summed E-state index contributed by atoms with van der Waals surface area (Å²) in [6.07, 6.45) is -0.420. The first-order valence-electron chi connectivity index (χ1n) is 7.61. The van der Waals surface area contributed by atoms with E-state index in [4.69, 9.17) is 4.74 Å². The fourth-order valence-corrected chi connectivity index (χ4v) is 2.58. The third-order valence-electron chi connectivity index (χ3n) is 3.20. The molecule has 0 radical (unpaired) electrons. The van der Waals surface area contributed by atoms with Crippen molar-refractivity contribution in [3.8, 4) is 0 Å². The predicted molar refractivity (Wildman–Crippen MR) is 93.5 cm³/mol. The van der Waals surface area contributed by atoms with Gasteiger partial charge in [-0.2, -0.15) is 0 Å². The number of benzene rings is 1. The number of carbonyl (C=O) groups is 3. The highest BCUT2D eigenvalue weighted by Crippen LogP contribution is 2.16. The number of rotatable bonds is 6. The Balaban J connectivity index is 1.93. The summed E-state index contributed by atoms with van der Waals surface area (Å²) in [4.78, 5) is 35.5. The van der Waals surface area contributed by atoms with Crippen molar-refractivity contribution in [2.75, 3.05) is 10.6 Å². The number of hydrogen-bond donors (Lipinski definition) is 2. The maximum absolute atomic E-state index is 12.1. The zero-order valence-electron chi connectivity index (χ0n) is 14.0. The molecule has 0 saturated heterocycles. The second-order valence-electron chi connectivity index (χ2n) is 5.20. The van der Waals surface area contributed by atoms with Gasteiger partial charge in [0.25, 0.3) is 5.91 Å². The van der Waals surface area contributed by atoms with E-state index < -0.39 is 18.0 Å². The van der Waals surface area contributed by atoms with Gasteiger partial charge in [0.15, 0.2) is 11.0 Å². The van der Waals surface area contributed by atoms with Crippen LogP contribution in [-0.2, 0) is 20.7 Å². The van der Waals surface area contributed by atoms with Gasteiger partial charge in [0.2, 0.25) is 5.91 Å². The molecule has 2 N–H and O–H groups in total. The van der Waals surface area contributed by atoms with Crippen LogP contribution < -0.4 is 10.6 Å². The molecule has 0 aliphatic heterocycles. The van der Waals surface area contributed by atoms with E-state index in [-0.39, 0.29) is 5.91 Å². The molecule has 1 aromatic heterocycles. The van der Waals surface area contributed by atoms with E-state index in [1.165, 1.54) is 13.8 Å². The molecule has 8 nitrogen and oxygen atoms in total. The quantitative estimate of drug-likeness (QED) is 0.763. The Bertz CT molecular complexity index is 773. The van der Waals surface area contributed by atoms with Crippen molar-refractivity contribution in [2.45, 2.75) is 33.3 Å². The Morgan fingerprint density at radius 1 is 1.16 bits per heavy atom. The summed E-state index contributed by atoms with van der Waals surface area (Å²) in [6, 6.07) is 6.59. The molecule has 25 heavy (non-hydrogen) atoms. The summed E-state index contributed by atoms with van der Waals surface area (Å²) in [5, 5.41) is 9.12. The lowest BCUT2D eigenvalue weighted by molar-refractivity contribution is -0.123. The first kappa shape index (κ1) is 18.5. The number of hydrogen-bond acceptors (Lipinski definition) is 7. The lowest BCUT2D eigenvalue weighted by atomic mass is 10.2. The number of amides is 2. The van der Waals surface area contributed by atoms with Gasteiger partial charge in [-0.1, -0.05) is 11.4 Å². The van der Waals surface area contributed by atoms with Gasteiger partial charge >= 0.3 is 5.97 Å². The summed E-state index contributed by atoms with van der Waals surface area (Å²) in [6.45, 7) is 4.75. The number of ether oxygens (including phenoxy) is 1. The molecule has 0 aliphatic rings. The van der Waals surface area contributed by atoms with Crippen molar-refractivity contribution in [3.05, 3.63) is 34.8 Å². The molecular weight excluding hydrogens is 344 g/mol. The summed E-state index contributed by atoms with van der Waals surface area (Å²) >= 11 is 0.944. The number of carbonyl (C=O) groups excluding carboxylic acids is 3. The minimum Gasteiger partial charge on any atom is -0.448 e. The Hall–Kier alpha value is -2.81. The van der Waals surface area contributed by atoms with Crippen molar-refractivity contribution < 1.29 is 19.1 Å². The topological polar surface area (TPSA) is 110 Å². The molecule has 0 aliphatic carbocycles. The monoisotopic (exact) mass is 362 g/mol. The van der Waals surface area contributed by atoms with Crippen molar-refractivity contribution in [1.29, 1.82) is 0 Å². The highest BCUT2D eigenvalue weighted by molar-refractivity contribution is 7.07. The molecule has 0 bridgehead atoms. The average molecular weight is 362 g/mol. The van der Waals surface area contributed by atoms with Crippen LogP contribution >= 0.6 is 11.5 Å². The molecule has 1 atom stereocenters. The maximum atomic E-state index is 12.1. The Labute approximate surface area is 148 Å². The molecule has 2 rings (SSSR count). The molecule has 9 heteroatoms. The van der Waals surface area contributed by atoms with Gasteiger partial charge in [0, 0.05) is 18.3 Å². The van der Waals surface area contributed by atoms with Crippen molar-refractivity contribution >= 4 is 40.7 Å². The SMILES string of the molecule is CCc1nnsc1C(=O)O[C@@H](C)C(=O)Nc1ccc(NC(C)=O)cc1. The molecule has 1 aromatic carbocycles. The average Bonchev–Trinajstić information content (AvgIpc) is 3.04. The summed E-state index contributed by atoms with van der Waals surface area (Å²) < 4.78 is 8.89. The number of aryl methyl sites for hydroxylation is 1. The molecule has 0 unspecified atom stereocenters. The third-order valence-corrected chi connectivity index (χ3v) is 3.95. The second-order valence-corrected chi connectivity index (χ2v) is 5.95. The van der Waals surface area contributed by atoms with Gasteiger partial charge in [-0.05, 0) is 49.1 Å². The number of anilines is 2. The van der Waals surface area contributed by atoms with Crippen molar-refractivity contribution in [1.82, 2.24) is 9.59 Å². The van der Waals surface area contributed by atoms with E-state index in [2.05, 4.69) is 20.2 Å². The van der Waals surface area contributed by atoms with Crippen LogP contribution in [0.25, 0.3) is 0 Å². The van der Waals surface area contributed by atoms with Gasteiger partial charge in [0.05, 0.1) is 5.69 Å². The normalized spacial score (nSPS) is 11.5. The molecular formula is C16H18N4O4S. The standard InChI is InChI=1S/C16H18N4O4S/c1-4-13-14(25-20-19-13)16(23)24-9(2)15(22)18-12-7-5-11(6-8-12)17-10(3)21/h5-9H,4H2,1-3H3,(H,17,21)(H,18,22)/t9-/m0/s1. The number of nitrogens with one attached hydrogen (secondary N) is 2. The molecule has 2 amide bonds. The first-order chi connectivity index (χ1) is 11.9. The molecule has 0 fully saturated rings. The highest BCUT2D eigenvalue weighted by atomic mass is 32.1. The van der Waals surface area contributed by atoms with Crippen molar-refractivity contribution in [3.63, 3.8) is 0 Å². The van der Waals surface area contributed by atoms with E-state index in [9.17, 15) is 14.4 Å². The van der Waals surface area contributed by atoms with Crippen LogP contribution in [0.3, 0.4) is 0 Å². The molecule has 0 saturated carbocycles. The zero-order valence-corrected chi connectivity index (χ0v) is 14.8. The van der Waals surface area contributed by atoms with Crippen LogP contribution in [0.2, 0.25) is 0 Å². The Morgan fingerprint density at radius 2 is 1.76 bits per heavy atom. The number of esters is 1. The van der Waals surface area contributed by atoms with E-state index in [1.807, 2.05) is 6.92 Å².